The molecule has 0 spiro atoms. The number of nitrogens with zero attached hydrogens (tertiary/aromatic N) is 1. The lowest BCUT2D eigenvalue weighted by Crippen LogP contribution is -2.82. The maximum Gasteiger partial charge on any atom is 0.350 e. The number of carbonyl (C=O) groups is 10. The van der Waals surface area contributed by atoms with Crippen LogP contribution in [-0.2, 0) is 71.6 Å². The van der Waals surface area contributed by atoms with Crippen molar-refractivity contribution in [3.05, 3.63) is 119 Å². The van der Waals surface area contributed by atoms with Gasteiger partial charge in [-0.15, -0.1) is 5.06 Å². The molecule has 4 fully saturated rings. The van der Waals surface area contributed by atoms with E-state index in [0.717, 1.165) is 13.8 Å². The van der Waals surface area contributed by atoms with E-state index >= 15 is 9.59 Å². The highest BCUT2D eigenvalue weighted by molar-refractivity contribution is 6.02. The minimum Gasteiger partial charge on any atom is -0.455 e. The quantitative estimate of drug-likeness (QED) is 0.0847. The molecule has 3 N–H and O–H groups in total. The third-order valence-electron chi connectivity index (χ3n) is 15.4. The smallest absolute Gasteiger partial charge is 0.350 e. The number of aliphatic hydroxyl groups excluding tert-OH is 1. The summed E-state index contributed by atoms with van der Waals surface area (Å²) in [4.78, 5) is 142. The van der Waals surface area contributed by atoms with Crippen LogP contribution in [0.1, 0.15) is 112 Å². The molecular weight excluding hydrogens is 993 g/mol. The number of ketones is 1. The van der Waals surface area contributed by atoms with E-state index in [2.05, 4.69) is 5.32 Å². The largest absolute Gasteiger partial charge is 0.455 e. The topological polar surface area (TPSA) is 291 Å². The van der Waals surface area contributed by atoms with Gasteiger partial charge in [0.2, 0.25) is 6.10 Å². The van der Waals surface area contributed by atoms with Gasteiger partial charge in [0.25, 0.3) is 17.7 Å². The predicted molar refractivity (Wildman–Crippen MR) is 258 cm³/mol. The number of hydrogen-bond donors (Lipinski definition) is 3. The fourth-order valence-electron chi connectivity index (χ4n) is 11.5. The molecule has 11 atom stereocenters. The third kappa shape index (κ3) is 9.89. The van der Waals surface area contributed by atoms with Crippen molar-refractivity contribution in [3.8, 4) is 0 Å². The second kappa shape index (κ2) is 21.2. The number of fused-ring (bicyclic) bond motifs is 5. The van der Waals surface area contributed by atoms with Gasteiger partial charge >= 0.3 is 35.8 Å². The van der Waals surface area contributed by atoms with Crippen LogP contribution >= 0.6 is 0 Å². The highest BCUT2D eigenvalue weighted by Gasteiger charge is 2.78. The summed E-state index contributed by atoms with van der Waals surface area (Å²) in [6.45, 7) is 7.57. The third-order valence-corrected chi connectivity index (χ3v) is 15.4. The minimum absolute atomic E-state index is 0.00210. The lowest BCUT2D eigenvalue weighted by atomic mass is 9.44. The second-order valence-electron chi connectivity index (χ2n) is 20.4. The van der Waals surface area contributed by atoms with Crippen LogP contribution in [0.4, 0.5) is 0 Å². The normalized spacial score (nSPS) is 29.1. The number of rotatable bonds is 15. The molecule has 76 heavy (non-hydrogen) atoms. The summed E-state index contributed by atoms with van der Waals surface area (Å²) < 4.78 is 36.5. The van der Waals surface area contributed by atoms with Crippen molar-refractivity contribution in [1.82, 2.24) is 10.4 Å². The van der Waals surface area contributed by atoms with E-state index in [1.165, 1.54) is 64.1 Å². The molecule has 3 aliphatic carbocycles. The number of hydrogen-bond acceptors (Lipinski definition) is 19. The Morgan fingerprint density at radius 1 is 0.776 bits per heavy atom. The van der Waals surface area contributed by atoms with Gasteiger partial charge in [0.1, 0.15) is 30.0 Å². The zero-order chi connectivity index (χ0) is 55.1. The molecule has 3 aromatic carbocycles. The lowest BCUT2D eigenvalue weighted by Gasteiger charge is -2.67. The summed E-state index contributed by atoms with van der Waals surface area (Å²) in [5, 5.41) is 29.2. The van der Waals surface area contributed by atoms with Crippen molar-refractivity contribution in [3.63, 3.8) is 0 Å². The molecule has 5 aliphatic rings. The van der Waals surface area contributed by atoms with E-state index in [1.807, 2.05) is 0 Å². The SMILES string of the molecule is CC(=O)O[C@H]1C(=O)[C@@]2(C)[C@H](C(OC(=O)c3ccccc3)[C@]3(O)C[C@H](OC(=O)C(OC(=O)CCC(=O)ON4C(=O)CCC4=O)C(NC(=O)c4ccccc4)c4ccccc4)C(C)=C1C3(C)C)[C@]1(OC(C)=O)CO[C@@H]1C[C@@H]2O. The first-order valence-electron chi connectivity index (χ1n) is 24.7. The van der Waals surface area contributed by atoms with Crippen LogP contribution in [-0.4, -0.2) is 129 Å². The van der Waals surface area contributed by atoms with Gasteiger partial charge in [-0.1, -0.05) is 80.6 Å². The standard InChI is InChI=1S/C55H58N2O19/c1-29-35(72-51(68)45(73-40(63)24-25-41(64)76-57-38(61)22-23-39(57)62)43(32-16-10-7-11-17-32)56-49(66)33-18-12-8-13-19-33)27-55(69)48(74-50(67)34-20-14-9-15-21-34)46-53(6,36(60)26-37-54(46,28-70-37)75-31(3)59)47(65)44(71-30(2)58)42(29)52(55,4)5/h7-21,35-37,43-46,48,60,69H,22-28H2,1-6H3,(H,56,66)/t35-,36-,37+,43?,44+,45?,46-,48?,53+,54-,55+/m0/s1. The van der Waals surface area contributed by atoms with Gasteiger partial charge in [-0.3, -0.25) is 33.6 Å². The molecule has 3 unspecified atom stereocenters. The van der Waals surface area contributed by atoms with Gasteiger partial charge in [-0.25, -0.2) is 14.4 Å². The number of benzene rings is 3. The van der Waals surface area contributed by atoms with E-state index in [4.69, 9.17) is 33.3 Å². The summed E-state index contributed by atoms with van der Waals surface area (Å²) in [7, 11) is 0. The number of Topliss-reactive ketones (excluding diaryl/α,β-unsaturated/α-hetero) is 1. The van der Waals surface area contributed by atoms with E-state index in [0.29, 0.717) is 5.06 Å². The summed E-state index contributed by atoms with van der Waals surface area (Å²) in [6.07, 6.45) is -13.3. The number of ether oxygens (including phenoxy) is 6. The molecule has 21 nitrogen and oxygen atoms in total. The Labute approximate surface area is 436 Å². The number of carbonyl (C=O) groups excluding carboxylic acids is 10. The van der Waals surface area contributed by atoms with Crippen LogP contribution in [0.2, 0.25) is 0 Å². The summed E-state index contributed by atoms with van der Waals surface area (Å²) >= 11 is 0. The zero-order valence-corrected chi connectivity index (χ0v) is 42.5. The van der Waals surface area contributed by atoms with Crippen molar-refractivity contribution >= 4 is 59.3 Å². The second-order valence-corrected chi connectivity index (χ2v) is 20.4. The first-order valence-corrected chi connectivity index (χ1v) is 24.7. The minimum atomic E-state index is -2.54. The first-order chi connectivity index (χ1) is 35.9. The molecule has 3 amide bonds. The summed E-state index contributed by atoms with van der Waals surface area (Å²) in [5.41, 5.74) is -8.08. The van der Waals surface area contributed by atoms with Crippen LogP contribution in [0.3, 0.4) is 0 Å². The Balaban J connectivity index is 1.25. The van der Waals surface area contributed by atoms with Crippen molar-refractivity contribution in [1.29, 1.82) is 0 Å². The fraction of sp³-hybridized carbons (Fsp3) is 0.455. The molecule has 0 radical (unpaired) electrons. The number of esters is 5. The van der Waals surface area contributed by atoms with Crippen LogP contribution in [0, 0.1) is 16.7 Å². The molecule has 2 aliphatic heterocycles. The summed E-state index contributed by atoms with van der Waals surface area (Å²) in [6, 6.07) is 21.8. The van der Waals surface area contributed by atoms with Gasteiger partial charge in [-0.2, -0.15) is 0 Å². The highest BCUT2D eigenvalue weighted by Crippen LogP contribution is 2.64. The predicted octanol–water partition coefficient (Wildman–Crippen LogP) is 3.67. The Kier molecular flexibility index (Phi) is 15.2. The van der Waals surface area contributed by atoms with Gasteiger partial charge in [0.15, 0.2) is 17.5 Å². The molecule has 2 saturated carbocycles. The van der Waals surface area contributed by atoms with Gasteiger partial charge in [0, 0.05) is 50.5 Å². The van der Waals surface area contributed by atoms with Crippen LogP contribution in [0.5, 0.6) is 0 Å². The number of imide groups is 1. The van der Waals surface area contributed by atoms with Gasteiger partial charge in [-0.05, 0) is 54.8 Å². The number of hydroxylamine groups is 2. The van der Waals surface area contributed by atoms with Crippen LogP contribution < -0.4 is 5.32 Å². The molecule has 3 aromatic rings. The van der Waals surface area contributed by atoms with Crippen LogP contribution in [0.25, 0.3) is 0 Å². The fourth-order valence-corrected chi connectivity index (χ4v) is 11.5. The zero-order valence-electron chi connectivity index (χ0n) is 42.5. The van der Waals surface area contributed by atoms with Crippen LogP contribution in [0.15, 0.2) is 102 Å². The van der Waals surface area contributed by atoms with Gasteiger partial charge in [0.05, 0.1) is 42.4 Å². The number of amides is 3. The monoisotopic (exact) mass is 1050 g/mol. The Morgan fingerprint density at radius 2 is 1.36 bits per heavy atom. The number of aliphatic hydroxyl groups is 2. The molecule has 8 rings (SSSR count). The lowest BCUT2D eigenvalue weighted by molar-refractivity contribution is -0.346. The maximum atomic E-state index is 15.8. The van der Waals surface area contributed by atoms with E-state index in [1.54, 1.807) is 54.6 Å². The van der Waals surface area contributed by atoms with Crippen molar-refractivity contribution in [2.75, 3.05) is 6.61 Å². The van der Waals surface area contributed by atoms with Gasteiger partial charge < -0.3 is 48.8 Å². The Hall–Kier alpha value is -7.62. The Morgan fingerprint density at radius 3 is 1.92 bits per heavy atom. The molecule has 2 bridgehead atoms. The molecule has 0 aromatic heterocycles. The average Bonchev–Trinajstić information content (AvgIpc) is 3.87. The maximum absolute atomic E-state index is 15.8. The molecule has 2 heterocycles. The molecule has 402 valence electrons. The molecule has 2 saturated heterocycles. The van der Waals surface area contributed by atoms with Crippen molar-refractivity contribution in [2.45, 2.75) is 134 Å². The number of nitrogens with one attached hydrogen (secondary N) is 1. The average molecular weight is 1050 g/mol. The molecule has 21 heteroatoms. The first kappa shape index (κ1) is 54.6. The van der Waals surface area contributed by atoms with E-state index in [9.17, 15) is 48.6 Å². The summed E-state index contributed by atoms with van der Waals surface area (Å²) in [5.74, 6) is -11.4. The van der Waals surface area contributed by atoms with E-state index < -0.39 is 149 Å². The van der Waals surface area contributed by atoms with Crippen molar-refractivity contribution in [2.24, 2.45) is 16.7 Å². The van der Waals surface area contributed by atoms with Crippen molar-refractivity contribution < 1.29 is 91.4 Å². The Bertz CT molecular complexity index is 2860. The molecular formula is C55H58N2O19. The van der Waals surface area contributed by atoms with E-state index in [-0.39, 0.29) is 53.7 Å². The highest BCUT2D eigenvalue weighted by atomic mass is 16.7.